The molecule has 0 spiro atoms. The number of hydrogen-bond acceptors (Lipinski definition) is 3. The first-order valence-corrected chi connectivity index (χ1v) is 9.29. The van der Waals surface area contributed by atoms with E-state index >= 15 is 0 Å². The molecule has 3 aromatic carbocycles. The molecule has 0 N–H and O–H groups in total. The maximum Gasteiger partial charge on any atom is 0.257 e. The van der Waals surface area contributed by atoms with Gasteiger partial charge in [-0.25, -0.2) is 0 Å². The summed E-state index contributed by atoms with van der Waals surface area (Å²) in [5.41, 5.74) is 2.48. The fourth-order valence-corrected chi connectivity index (χ4v) is 2.98. The maximum atomic E-state index is 13.0. The van der Waals surface area contributed by atoms with Crippen LogP contribution in [0.4, 0.5) is 0 Å². The van der Waals surface area contributed by atoms with Crippen molar-refractivity contribution in [3.05, 3.63) is 94.5 Å². The molecule has 0 aliphatic carbocycles. The second-order valence-corrected chi connectivity index (χ2v) is 6.86. The molecule has 0 fully saturated rings. The molecule has 0 heterocycles. The van der Waals surface area contributed by atoms with Crippen molar-refractivity contribution in [3.63, 3.8) is 0 Å². The lowest BCUT2D eigenvalue weighted by atomic mass is 10.1. The molecule has 0 aliphatic heterocycles. The van der Waals surface area contributed by atoms with Gasteiger partial charge in [0.15, 0.2) is 0 Å². The Bertz CT molecular complexity index is 926. The number of methoxy groups -OCH3 is 1. The molecule has 28 heavy (non-hydrogen) atoms. The van der Waals surface area contributed by atoms with E-state index in [1.807, 2.05) is 54.6 Å². The monoisotopic (exact) mass is 395 g/mol. The van der Waals surface area contributed by atoms with Crippen LogP contribution in [0.1, 0.15) is 21.5 Å². The van der Waals surface area contributed by atoms with Crippen molar-refractivity contribution in [1.82, 2.24) is 4.90 Å². The van der Waals surface area contributed by atoms with Gasteiger partial charge in [0.1, 0.15) is 18.1 Å². The Morgan fingerprint density at radius 2 is 1.68 bits per heavy atom. The number of ether oxygens (including phenoxy) is 2. The predicted octanol–water partition coefficient (Wildman–Crippen LogP) is 5.20. The third-order valence-corrected chi connectivity index (χ3v) is 4.57. The summed E-state index contributed by atoms with van der Waals surface area (Å²) in [5.74, 6) is 1.14. The lowest BCUT2D eigenvalue weighted by Crippen LogP contribution is -2.26. The minimum absolute atomic E-state index is 0.152. The molecule has 0 aromatic heterocycles. The summed E-state index contributed by atoms with van der Waals surface area (Å²) in [5, 5.41) is 0.494. The Hall–Kier alpha value is -2.98. The molecule has 3 rings (SSSR count). The first kappa shape index (κ1) is 19.8. The van der Waals surface area contributed by atoms with Gasteiger partial charge in [-0.05, 0) is 41.5 Å². The molecule has 0 saturated heterocycles. The zero-order valence-electron chi connectivity index (χ0n) is 15.9. The van der Waals surface area contributed by atoms with Gasteiger partial charge in [0.25, 0.3) is 5.91 Å². The Morgan fingerprint density at radius 1 is 0.964 bits per heavy atom. The zero-order valence-corrected chi connectivity index (χ0v) is 16.6. The van der Waals surface area contributed by atoms with Crippen LogP contribution in [-0.4, -0.2) is 25.0 Å². The third-order valence-electron chi connectivity index (χ3n) is 4.33. The van der Waals surface area contributed by atoms with Crippen LogP contribution in [0, 0.1) is 0 Å². The van der Waals surface area contributed by atoms with Crippen LogP contribution in [0.3, 0.4) is 0 Å². The van der Waals surface area contributed by atoms with Crippen molar-refractivity contribution >= 4 is 17.5 Å². The van der Waals surface area contributed by atoms with Gasteiger partial charge in [-0.3, -0.25) is 4.79 Å². The van der Waals surface area contributed by atoms with Crippen LogP contribution < -0.4 is 9.47 Å². The number of amides is 1. The lowest BCUT2D eigenvalue weighted by Gasteiger charge is -2.20. The number of benzene rings is 3. The quantitative estimate of drug-likeness (QED) is 0.552. The second-order valence-electron chi connectivity index (χ2n) is 6.42. The van der Waals surface area contributed by atoms with Gasteiger partial charge in [-0.2, -0.15) is 0 Å². The third kappa shape index (κ3) is 5.05. The van der Waals surface area contributed by atoms with E-state index in [0.717, 1.165) is 16.9 Å². The molecule has 0 atom stereocenters. The average Bonchev–Trinajstić information content (AvgIpc) is 2.73. The van der Waals surface area contributed by atoms with Crippen LogP contribution in [0.25, 0.3) is 0 Å². The standard InChI is InChI=1S/C23H22ClNO3/c1-25(15-17-8-11-20(27-2)12-9-17)23(26)21-14-19(24)10-13-22(21)28-16-18-6-4-3-5-7-18/h3-14H,15-16H2,1-2H3. The van der Waals surface area contributed by atoms with E-state index in [2.05, 4.69) is 0 Å². The first-order valence-electron chi connectivity index (χ1n) is 8.91. The van der Waals surface area contributed by atoms with Crippen molar-refractivity contribution in [3.8, 4) is 11.5 Å². The highest BCUT2D eigenvalue weighted by Gasteiger charge is 2.18. The summed E-state index contributed by atoms with van der Waals surface area (Å²) < 4.78 is 11.1. The van der Waals surface area contributed by atoms with Crippen molar-refractivity contribution in [2.75, 3.05) is 14.2 Å². The van der Waals surface area contributed by atoms with Crippen molar-refractivity contribution in [2.24, 2.45) is 0 Å². The first-order chi connectivity index (χ1) is 13.6. The average molecular weight is 396 g/mol. The van der Waals surface area contributed by atoms with Crippen LogP contribution in [0.15, 0.2) is 72.8 Å². The number of rotatable bonds is 7. The SMILES string of the molecule is COc1ccc(CN(C)C(=O)c2cc(Cl)ccc2OCc2ccccc2)cc1. The van der Waals surface area contributed by atoms with E-state index in [4.69, 9.17) is 21.1 Å². The normalized spacial score (nSPS) is 10.4. The molecule has 0 bridgehead atoms. The van der Waals surface area contributed by atoms with Gasteiger partial charge < -0.3 is 14.4 Å². The predicted molar refractivity (Wildman–Crippen MR) is 111 cm³/mol. The molecule has 0 aliphatic rings. The summed E-state index contributed by atoms with van der Waals surface area (Å²) >= 11 is 6.14. The molecule has 4 nitrogen and oxygen atoms in total. The minimum atomic E-state index is -0.152. The van der Waals surface area contributed by atoms with E-state index in [0.29, 0.717) is 29.5 Å². The van der Waals surface area contributed by atoms with Crippen molar-refractivity contribution < 1.29 is 14.3 Å². The molecular weight excluding hydrogens is 374 g/mol. The number of hydrogen-bond donors (Lipinski definition) is 0. The van der Waals surface area contributed by atoms with Crippen LogP contribution >= 0.6 is 11.6 Å². The summed E-state index contributed by atoms with van der Waals surface area (Å²) in [6.45, 7) is 0.846. The highest BCUT2D eigenvalue weighted by molar-refractivity contribution is 6.31. The Kier molecular flexibility index (Phi) is 6.56. The summed E-state index contributed by atoms with van der Waals surface area (Å²) in [6.07, 6.45) is 0. The summed E-state index contributed by atoms with van der Waals surface area (Å²) in [7, 11) is 3.38. The van der Waals surface area contributed by atoms with Crippen LogP contribution in [0.5, 0.6) is 11.5 Å². The number of carbonyl (C=O) groups is 1. The summed E-state index contributed by atoms with van der Waals surface area (Å²) in [4.78, 5) is 14.7. The largest absolute Gasteiger partial charge is 0.497 e. The zero-order chi connectivity index (χ0) is 19.9. The minimum Gasteiger partial charge on any atom is -0.497 e. The lowest BCUT2D eigenvalue weighted by molar-refractivity contribution is 0.0780. The van der Waals surface area contributed by atoms with Gasteiger partial charge in [-0.15, -0.1) is 0 Å². The van der Waals surface area contributed by atoms with Crippen LogP contribution in [-0.2, 0) is 13.2 Å². The molecule has 1 amide bonds. The number of halogens is 1. The highest BCUT2D eigenvalue weighted by Crippen LogP contribution is 2.26. The molecule has 0 radical (unpaired) electrons. The molecule has 144 valence electrons. The molecular formula is C23H22ClNO3. The molecule has 5 heteroatoms. The van der Waals surface area contributed by atoms with Gasteiger partial charge in [0, 0.05) is 18.6 Å². The molecule has 3 aromatic rings. The van der Waals surface area contributed by atoms with E-state index in [1.54, 1.807) is 37.3 Å². The fourth-order valence-electron chi connectivity index (χ4n) is 2.81. The van der Waals surface area contributed by atoms with Gasteiger partial charge >= 0.3 is 0 Å². The fraction of sp³-hybridized carbons (Fsp3) is 0.174. The Morgan fingerprint density at radius 3 is 2.36 bits per heavy atom. The smallest absolute Gasteiger partial charge is 0.257 e. The number of nitrogens with zero attached hydrogens (tertiary/aromatic N) is 1. The van der Waals surface area contributed by atoms with Gasteiger partial charge in [-0.1, -0.05) is 54.1 Å². The molecule has 0 saturated carbocycles. The molecule has 0 unspecified atom stereocenters. The van der Waals surface area contributed by atoms with E-state index in [9.17, 15) is 4.79 Å². The topological polar surface area (TPSA) is 38.8 Å². The highest BCUT2D eigenvalue weighted by atomic mass is 35.5. The number of carbonyl (C=O) groups excluding carboxylic acids is 1. The maximum absolute atomic E-state index is 13.0. The Labute approximate surface area is 170 Å². The van der Waals surface area contributed by atoms with Gasteiger partial charge in [0.2, 0.25) is 0 Å². The van der Waals surface area contributed by atoms with Crippen molar-refractivity contribution in [1.29, 1.82) is 0 Å². The summed E-state index contributed by atoms with van der Waals surface area (Å²) in [6, 6.07) is 22.6. The Balaban J connectivity index is 1.74. The van der Waals surface area contributed by atoms with Crippen LogP contribution in [0.2, 0.25) is 5.02 Å². The van der Waals surface area contributed by atoms with E-state index < -0.39 is 0 Å². The van der Waals surface area contributed by atoms with Crippen molar-refractivity contribution in [2.45, 2.75) is 13.2 Å². The van der Waals surface area contributed by atoms with E-state index in [1.165, 1.54) is 0 Å². The van der Waals surface area contributed by atoms with E-state index in [-0.39, 0.29) is 5.91 Å². The second kappa shape index (κ2) is 9.29. The van der Waals surface area contributed by atoms with Gasteiger partial charge in [0.05, 0.1) is 12.7 Å².